The summed E-state index contributed by atoms with van der Waals surface area (Å²) in [6, 6.07) is 11.4. The Morgan fingerprint density at radius 1 is 0.909 bits per heavy atom. The van der Waals surface area contributed by atoms with Crippen molar-refractivity contribution >= 4 is 5.78 Å². The number of benzene rings is 1. The van der Waals surface area contributed by atoms with E-state index in [-0.39, 0.29) is 5.41 Å². The van der Waals surface area contributed by atoms with Crippen molar-refractivity contribution in [2.24, 2.45) is 46.8 Å². The van der Waals surface area contributed by atoms with Crippen molar-refractivity contribution in [1.29, 1.82) is 0 Å². The van der Waals surface area contributed by atoms with Gasteiger partial charge in [-0.2, -0.15) is 0 Å². The Hall–Kier alpha value is -1.11. The second kappa shape index (κ2) is 3.09. The first kappa shape index (κ1) is 11.4. The highest BCUT2D eigenvalue weighted by Crippen LogP contribution is 2.92. The molecule has 0 heterocycles. The van der Waals surface area contributed by atoms with E-state index in [2.05, 4.69) is 30.3 Å². The Balaban J connectivity index is 1.58. The number of carbonyl (C=O) groups excluding carboxylic acids is 1. The lowest BCUT2D eigenvalue weighted by Crippen LogP contribution is -2.40. The summed E-state index contributed by atoms with van der Waals surface area (Å²) in [5.41, 5.74) is 2.12. The first-order chi connectivity index (χ1) is 10.8. The zero-order chi connectivity index (χ0) is 14.3. The molecule has 0 aliphatic heterocycles. The molecule has 7 fully saturated rings. The average molecular weight is 290 g/mol. The summed E-state index contributed by atoms with van der Waals surface area (Å²) in [7, 11) is 0. The van der Waals surface area contributed by atoms with Crippen LogP contribution in [-0.4, -0.2) is 5.78 Å². The van der Waals surface area contributed by atoms with Gasteiger partial charge in [0, 0.05) is 16.7 Å². The van der Waals surface area contributed by atoms with E-state index >= 15 is 0 Å². The molecule has 1 nitrogen and oxygen atoms in total. The topological polar surface area (TPSA) is 17.1 Å². The minimum Gasteiger partial charge on any atom is -0.299 e. The molecule has 9 unspecified atom stereocenters. The van der Waals surface area contributed by atoms with E-state index in [1.54, 1.807) is 5.56 Å². The molecule has 1 spiro atoms. The Morgan fingerprint density at radius 3 is 2.45 bits per heavy atom. The zero-order valence-electron chi connectivity index (χ0n) is 12.9. The van der Waals surface area contributed by atoms with Crippen molar-refractivity contribution < 1.29 is 4.79 Å². The van der Waals surface area contributed by atoms with Crippen LogP contribution in [0.2, 0.25) is 0 Å². The Morgan fingerprint density at radius 2 is 1.64 bits per heavy atom. The van der Waals surface area contributed by atoms with Gasteiger partial charge in [0.05, 0.1) is 0 Å². The van der Waals surface area contributed by atoms with Crippen LogP contribution in [0, 0.1) is 46.8 Å². The molecular formula is C21H22O. The highest BCUT2D eigenvalue weighted by Gasteiger charge is 2.92. The van der Waals surface area contributed by atoms with Crippen molar-refractivity contribution in [3.63, 3.8) is 0 Å². The fourth-order valence-corrected chi connectivity index (χ4v) is 9.74. The summed E-state index contributed by atoms with van der Waals surface area (Å²) in [5, 5.41) is 0. The van der Waals surface area contributed by atoms with Crippen LogP contribution in [-0.2, 0) is 10.2 Å². The molecule has 0 amide bonds. The maximum absolute atomic E-state index is 13.4. The average Bonchev–Trinajstić information content (AvgIpc) is 3.22. The lowest BCUT2D eigenvalue weighted by molar-refractivity contribution is -0.127. The van der Waals surface area contributed by atoms with Crippen LogP contribution >= 0.6 is 0 Å². The molecule has 0 aromatic heterocycles. The molecule has 9 atom stereocenters. The fraction of sp³-hybridized carbons (Fsp3) is 0.667. The van der Waals surface area contributed by atoms with Gasteiger partial charge >= 0.3 is 0 Å². The molecule has 1 aromatic rings. The molecule has 7 bridgehead atoms. The Bertz CT molecular complexity index is 723. The normalized spacial score (nSPS) is 61.6. The molecule has 0 radical (unpaired) electrons. The molecule has 1 heteroatoms. The highest BCUT2D eigenvalue weighted by molar-refractivity contribution is 5.96. The molecule has 7 aliphatic carbocycles. The van der Waals surface area contributed by atoms with E-state index in [0.717, 1.165) is 41.3 Å². The number of hydrogen-bond acceptors (Lipinski definition) is 1. The first-order valence-corrected chi connectivity index (χ1v) is 9.42. The van der Waals surface area contributed by atoms with Crippen molar-refractivity contribution in [1.82, 2.24) is 0 Å². The van der Waals surface area contributed by atoms with Crippen LogP contribution in [0.25, 0.3) is 0 Å². The van der Waals surface area contributed by atoms with Gasteiger partial charge in [0.25, 0.3) is 0 Å². The number of Topliss-reactive ketones (excluding diaryl/α,β-unsaturated/α-hetero) is 1. The molecule has 0 N–H and O–H groups in total. The lowest BCUT2D eigenvalue weighted by atomic mass is 9.61. The molecule has 112 valence electrons. The minimum atomic E-state index is 0.143. The van der Waals surface area contributed by atoms with E-state index in [1.807, 2.05) is 0 Å². The van der Waals surface area contributed by atoms with E-state index in [4.69, 9.17) is 0 Å². The van der Waals surface area contributed by atoms with Crippen molar-refractivity contribution in [2.45, 2.75) is 37.5 Å². The molecule has 8 rings (SSSR count). The summed E-state index contributed by atoms with van der Waals surface area (Å²) >= 11 is 0. The number of hydrogen-bond donors (Lipinski definition) is 0. The predicted molar refractivity (Wildman–Crippen MR) is 83.1 cm³/mol. The first-order valence-electron chi connectivity index (χ1n) is 9.42. The zero-order valence-corrected chi connectivity index (χ0v) is 12.9. The Kier molecular flexibility index (Phi) is 1.61. The van der Waals surface area contributed by atoms with Crippen LogP contribution < -0.4 is 0 Å². The van der Waals surface area contributed by atoms with Crippen LogP contribution in [0.1, 0.15) is 37.7 Å². The second-order valence-corrected chi connectivity index (χ2v) is 9.21. The van der Waals surface area contributed by atoms with Gasteiger partial charge in [0.2, 0.25) is 0 Å². The Labute approximate surface area is 131 Å². The quantitative estimate of drug-likeness (QED) is 0.768. The van der Waals surface area contributed by atoms with Gasteiger partial charge in [0.1, 0.15) is 5.78 Å². The number of rotatable bonds is 1. The van der Waals surface area contributed by atoms with Gasteiger partial charge in [0.15, 0.2) is 0 Å². The third-order valence-electron chi connectivity index (χ3n) is 9.41. The molecule has 1 aromatic carbocycles. The monoisotopic (exact) mass is 290 g/mol. The predicted octanol–water partition coefficient (Wildman–Crippen LogP) is 3.83. The standard InChI is InChI=1S/C21H22O/c22-19-15-13-10-12-14(15)18-20(11-6-2-1-3-7-11)8-4-5-9-21(18,19)17(13)16(12)20/h1-3,6-7,12-18H,4-5,8-10H2. The summed E-state index contributed by atoms with van der Waals surface area (Å²) in [6.45, 7) is 0. The van der Waals surface area contributed by atoms with Gasteiger partial charge < -0.3 is 0 Å². The fourth-order valence-electron chi connectivity index (χ4n) is 9.74. The van der Waals surface area contributed by atoms with E-state index in [1.165, 1.54) is 32.1 Å². The lowest BCUT2D eigenvalue weighted by Gasteiger charge is -2.40. The van der Waals surface area contributed by atoms with Crippen LogP contribution in [0.5, 0.6) is 0 Å². The van der Waals surface area contributed by atoms with Gasteiger partial charge in [-0.05, 0) is 60.3 Å². The van der Waals surface area contributed by atoms with Crippen LogP contribution in [0.15, 0.2) is 30.3 Å². The number of carbonyl (C=O) groups is 1. The number of ketones is 1. The smallest absolute Gasteiger partial charge is 0.143 e. The summed E-state index contributed by atoms with van der Waals surface area (Å²) in [6.07, 6.45) is 6.66. The third kappa shape index (κ3) is 0.783. The van der Waals surface area contributed by atoms with Gasteiger partial charge in [-0.15, -0.1) is 0 Å². The maximum Gasteiger partial charge on any atom is 0.143 e. The highest BCUT2D eigenvalue weighted by atomic mass is 16.1. The molecule has 7 aliphatic rings. The van der Waals surface area contributed by atoms with Crippen molar-refractivity contribution in [3.05, 3.63) is 35.9 Å². The maximum atomic E-state index is 13.4. The molecule has 22 heavy (non-hydrogen) atoms. The second-order valence-electron chi connectivity index (χ2n) is 9.21. The van der Waals surface area contributed by atoms with E-state index in [9.17, 15) is 4.79 Å². The minimum absolute atomic E-state index is 0.143. The van der Waals surface area contributed by atoms with E-state index < -0.39 is 0 Å². The summed E-state index contributed by atoms with van der Waals surface area (Å²) < 4.78 is 0. The van der Waals surface area contributed by atoms with Crippen LogP contribution in [0.4, 0.5) is 0 Å². The van der Waals surface area contributed by atoms with Gasteiger partial charge in [-0.1, -0.05) is 43.2 Å². The van der Waals surface area contributed by atoms with Crippen molar-refractivity contribution in [3.8, 4) is 0 Å². The van der Waals surface area contributed by atoms with Gasteiger partial charge in [-0.3, -0.25) is 4.79 Å². The molecule has 0 saturated heterocycles. The third-order valence-corrected chi connectivity index (χ3v) is 9.41. The SMILES string of the molecule is O=C1C2C3CC4C2C2C15CCCCC2(c1ccccc1)C4C35. The van der Waals surface area contributed by atoms with Crippen molar-refractivity contribution in [2.75, 3.05) is 0 Å². The summed E-state index contributed by atoms with van der Waals surface area (Å²) in [4.78, 5) is 13.4. The summed E-state index contributed by atoms with van der Waals surface area (Å²) in [5.74, 6) is 6.10. The van der Waals surface area contributed by atoms with E-state index in [0.29, 0.717) is 11.3 Å². The van der Waals surface area contributed by atoms with Gasteiger partial charge in [-0.25, -0.2) is 0 Å². The molecule has 7 saturated carbocycles. The molecular weight excluding hydrogens is 268 g/mol. The largest absolute Gasteiger partial charge is 0.299 e. The van der Waals surface area contributed by atoms with Crippen LogP contribution in [0.3, 0.4) is 0 Å².